The second-order valence-electron chi connectivity index (χ2n) is 5.38. The third-order valence-corrected chi connectivity index (χ3v) is 5.98. The number of halogens is 1. The number of thiophene rings is 1. The molecule has 3 rings (SSSR count). The molecule has 1 aliphatic heterocycles. The summed E-state index contributed by atoms with van der Waals surface area (Å²) in [6, 6.07) is 6.99. The number of nitrogens with one attached hydrogen (secondary N) is 1. The predicted molar refractivity (Wildman–Crippen MR) is 84.9 cm³/mol. The number of benzene rings is 1. The van der Waals surface area contributed by atoms with Gasteiger partial charge >= 0.3 is 0 Å². The van der Waals surface area contributed by atoms with E-state index in [0.717, 1.165) is 5.56 Å². The molecule has 1 aromatic heterocycles. The molecule has 0 spiro atoms. The van der Waals surface area contributed by atoms with E-state index in [2.05, 4.69) is 4.72 Å². The van der Waals surface area contributed by atoms with Crippen molar-refractivity contribution < 1.29 is 17.6 Å². The van der Waals surface area contributed by atoms with Crippen LogP contribution in [0.15, 0.2) is 46.0 Å². The van der Waals surface area contributed by atoms with Gasteiger partial charge in [0, 0.05) is 30.9 Å². The number of sulfonamides is 1. The first-order chi connectivity index (χ1) is 10.9. The van der Waals surface area contributed by atoms with Crippen molar-refractivity contribution in [3.05, 3.63) is 52.5 Å². The Morgan fingerprint density at radius 3 is 2.65 bits per heavy atom. The van der Waals surface area contributed by atoms with Gasteiger partial charge in [0.25, 0.3) is 0 Å². The SMILES string of the molecule is O=C1CC(NS(=O)(=O)c2ccsc2)CN1Cc1ccc(F)cc1. The Hall–Kier alpha value is -1.77. The minimum Gasteiger partial charge on any atom is -0.337 e. The standard InChI is InChI=1S/C15H15FN2O3S2/c16-12-3-1-11(2-4-12)8-18-9-13(7-15(18)19)17-23(20,21)14-5-6-22-10-14/h1-6,10,13,17H,7-9H2. The number of hydrogen-bond acceptors (Lipinski definition) is 4. The molecule has 122 valence electrons. The van der Waals surface area contributed by atoms with E-state index in [1.54, 1.807) is 27.8 Å². The molecule has 0 bridgehead atoms. The van der Waals surface area contributed by atoms with Crippen LogP contribution in [0, 0.1) is 5.82 Å². The van der Waals surface area contributed by atoms with Crippen molar-refractivity contribution in [2.24, 2.45) is 0 Å². The highest BCUT2D eigenvalue weighted by molar-refractivity contribution is 7.89. The molecule has 1 fully saturated rings. The maximum atomic E-state index is 12.9. The molecule has 0 radical (unpaired) electrons. The van der Waals surface area contributed by atoms with Crippen molar-refractivity contribution in [1.29, 1.82) is 0 Å². The Morgan fingerprint density at radius 2 is 2.00 bits per heavy atom. The van der Waals surface area contributed by atoms with Gasteiger partial charge in [-0.2, -0.15) is 11.3 Å². The average molecular weight is 354 g/mol. The highest BCUT2D eigenvalue weighted by Gasteiger charge is 2.32. The van der Waals surface area contributed by atoms with E-state index in [9.17, 15) is 17.6 Å². The number of likely N-dealkylation sites (tertiary alicyclic amines) is 1. The summed E-state index contributed by atoms with van der Waals surface area (Å²) in [5.74, 6) is -0.449. The van der Waals surface area contributed by atoms with Crippen molar-refractivity contribution in [1.82, 2.24) is 9.62 Å². The molecule has 5 nitrogen and oxygen atoms in total. The van der Waals surface area contributed by atoms with Crippen LogP contribution < -0.4 is 4.72 Å². The molecule has 2 heterocycles. The minimum absolute atomic E-state index is 0.118. The van der Waals surface area contributed by atoms with Gasteiger partial charge in [0.1, 0.15) is 5.82 Å². The van der Waals surface area contributed by atoms with Crippen LogP contribution in [0.25, 0.3) is 0 Å². The number of rotatable bonds is 5. The Bertz CT molecular complexity index is 789. The number of carbonyl (C=O) groups is 1. The van der Waals surface area contributed by atoms with Crippen molar-refractivity contribution in [3.63, 3.8) is 0 Å². The second kappa shape index (κ2) is 6.38. The lowest BCUT2D eigenvalue weighted by Crippen LogP contribution is -2.36. The molecule has 23 heavy (non-hydrogen) atoms. The highest BCUT2D eigenvalue weighted by Crippen LogP contribution is 2.19. The molecule has 1 amide bonds. The summed E-state index contributed by atoms with van der Waals surface area (Å²) in [5.41, 5.74) is 0.807. The Balaban J connectivity index is 1.64. The van der Waals surface area contributed by atoms with Crippen LogP contribution in [0.4, 0.5) is 4.39 Å². The third kappa shape index (κ3) is 3.77. The van der Waals surface area contributed by atoms with Crippen LogP contribution in [-0.4, -0.2) is 31.8 Å². The molecule has 0 saturated carbocycles. The fraction of sp³-hybridized carbons (Fsp3) is 0.267. The number of hydrogen-bond donors (Lipinski definition) is 1. The maximum Gasteiger partial charge on any atom is 0.241 e. The fourth-order valence-corrected chi connectivity index (χ4v) is 4.76. The molecular weight excluding hydrogens is 339 g/mol. The summed E-state index contributed by atoms with van der Waals surface area (Å²) in [7, 11) is -3.59. The second-order valence-corrected chi connectivity index (χ2v) is 7.88. The van der Waals surface area contributed by atoms with E-state index < -0.39 is 16.1 Å². The lowest BCUT2D eigenvalue weighted by atomic mass is 10.2. The number of amides is 1. The number of nitrogens with zero attached hydrogens (tertiary/aromatic N) is 1. The minimum atomic E-state index is -3.59. The van der Waals surface area contributed by atoms with Gasteiger partial charge in [-0.3, -0.25) is 4.79 Å². The Morgan fingerprint density at radius 1 is 1.26 bits per heavy atom. The van der Waals surface area contributed by atoms with Gasteiger partial charge in [-0.25, -0.2) is 17.5 Å². The van der Waals surface area contributed by atoms with E-state index >= 15 is 0 Å². The van der Waals surface area contributed by atoms with Gasteiger partial charge in [0.05, 0.1) is 4.90 Å². The normalized spacial score (nSPS) is 18.6. The summed E-state index contributed by atoms with van der Waals surface area (Å²) >= 11 is 1.30. The highest BCUT2D eigenvalue weighted by atomic mass is 32.2. The largest absolute Gasteiger partial charge is 0.337 e. The molecule has 2 aromatic rings. The summed E-state index contributed by atoms with van der Waals surface area (Å²) < 4.78 is 39.8. The van der Waals surface area contributed by atoms with Crippen molar-refractivity contribution in [2.45, 2.75) is 23.9 Å². The van der Waals surface area contributed by atoms with E-state index in [0.29, 0.717) is 13.1 Å². The van der Waals surface area contributed by atoms with Gasteiger partial charge in [-0.15, -0.1) is 0 Å². The Labute approximate surface area is 137 Å². The van der Waals surface area contributed by atoms with Gasteiger partial charge in [0.15, 0.2) is 0 Å². The van der Waals surface area contributed by atoms with Crippen molar-refractivity contribution in [2.75, 3.05) is 6.54 Å². The summed E-state index contributed by atoms with van der Waals surface area (Å²) in [4.78, 5) is 13.8. The molecule has 1 aromatic carbocycles. The quantitative estimate of drug-likeness (QED) is 0.893. The molecular formula is C15H15FN2O3S2. The first-order valence-corrected chi connectivity index (χ1v) is 9.43. The molecule has 1 saturated heterocycles. The van der Waals surface area contributed by atoms with E-state index in [1.165, 1.54) is 29.5 Å². The topological polar surface area (TPSA) is 66.5 Å². The lowest BCUT2D eigenvalue weighted by molar-refractivity contribution is -0.128. The summed E-state index contributed by atoms with van der Waals surface area (Å²) in [6.45, 7) is 0.648. The first-order valence-electron chi connectivity index (χ1n) is 7.01. The van der Waals surface area contributed by atoms with Crippen LogP contribution in [0.3, 0.4) is 0 Å². The van der Waals surface area contributed by atoms with Crippen molar-refractivity contribution >= 4 is 27.3 Å². The van der Waals surface area contributed by atoms with E-state index in [1.807, 2.05) is 0 Å². The molecule has 8 heteroatoms. The lowest BCUT2D eigenvalue weighted by Gasteiger charge is -2.17. The van der Waals surface area contributed by atoms with Crippen LogP contribution in [-0.2, 0) is 21.4 Å². The zero-order chi connectivity index (χ0) is 16.4. The van der Waals surface area contributed by atoms with Gasteiger partial charge in [-0.1, -0.05) is 12.1 Å². The van der Waals surface area contributed by atoms with Crippen LogP contribution in [0.2, 0.25) is 0 Å². The Kier molecular flexibility index (Phi) is 4.47. The maximum absolute atomic E-state index is 12.9. The monoisotopic (exact) mass is 354 g/mol. The zero-order valence-electron chi connectivity index (χ0n) is 12.1. The smallest absolute Gasteiger partial charge is 0.241 e. The van der Waals surface area contributed by atoms with E-state index in [4.69, 9.17) is 0 Å². The number of carbonyl (C=O) groups excluding carboxylic acids is 1. The third-order valence-electron chi connectivity index (χ3n) is 3.63. The van der Waals surface area contributed by atoms with Crippen LogP contribution >= 0.6 is 11.3 Å². The molecule has 1 unspecified atom stereocenters. The zero-order valence-corrected chi connectivity index (χ0v) is 13.7. The van der Waals surface area contributed by atoms with Gasteiger partial charge in [0.2, 0.25) is 15.9 Å². The average Bonchev–Trinajstić information content (AvgIpc) is 3.12. The first kappa shape index (κ1) is 16.1. The van der Waals surface area contributed by atoms with Gasteiger partial charge < -0.3 is 4.90 Å². The summed E-state index contributed by atoms with van der Waals surface area (Å²) in [5, 5.41) is 3.24. The fourth-order valence-electron chi connectivity index (χ4n) is 2.51. The van der Waals surface area contributed by atoms with Crippen molar-refractivity contribution in [3.8, 4) is 0 Å². The predicted octanol–water partition coefficient (Wildman–Crippen LogP) is 1.97. The molecule has 1 atom stereocenters. The molecule has 1 N–H and O–H groups in total. The molecule has 0 aliphatic carbocycles. The van der Waals surface area contributed by atoms with Gasteiger partial charge in [-0.05, 0) is 29.1 Å². The molecule has 1 aliphatic rings. The van der Waals surface area contributed by atoms with Crippen LogP contribution in [0.5, 0.6) is 0 Å². The summed E-state index contributed by atoms with van der Waals surface area (Å²) in [6.07, 6.45) is 0.130. The van der Waals surface area contributed by atoms with E-state index in [-0.39, 0.29) is 23.0 Å². The van der Waals surface area contributed by atoms with Crippen LogP contribution in [0.1, 0.15) is 12.0 Å².